The Morgan fingerprint density at radius 2 is 1.41 bits per heavy atom. The maximum Gasteiger partial charge on any atom is 0.416 e. The van der Waals surface area contributed by atoms with Gasteiger partial charge in [-0.1, -0.05) is 0 Å². The molecule has 2 unspecified atom stereocenters. The zero-order valence-corrected chi connectivity index (χ0v) is 15.1. The molecule has 3 rings (SSSR count). The predicted octanol–water partition coefficient (Wildman–Crippen LogP) is 4.50. The van der Waals surface area contributed by atoms with Gasteiger partial charge in [-0.15, -0.1) is 12.4 Å². The summed E-state index contributed by atoms with van der Waals surface area (Å²) in [5.41, 5.74) is -3.55. The van der Waals surface area contributed by atoms with Gasteiger partial charge in [0.25, 0.3) is 5.91 Å². The first-order chi connectivity index (χ1) is 11.9. The molecule has 2 heterocycles. The van der Waals surface area contributed by atoms with Gasteiger partial charge in [-0.05, 0) is 43.9 Å². The van der Waals surface area contributed by atoms with E-state index in [0.717, 1.165) is 12.8 Å². The van der Waals surface area contributed by atoms with Crippen LogP contribution in [0.25, 0.3) is 0 Å². The van der Waals surface area contributed by atoms with Gasteiger partial charge < -0.3 is 10.2 Å². The fourth-order valence-corrected chi connectivity index (χ4v) is 3.79. The van der Waals surface area contributed by atoms with E-state index in [0.29, 0.717) is 25.0 Å². The summed E-state index contributed by atoms with van der Waals surface area (Å²) in [6, 6.07) is 1.28. The maximum atomic E-state index is 13.0. The summed E-state index contributed by atoms with van der Waals surface area (Å²) >= 11 is 0. The molecule has 1 amide bonds. The SMILES string of the molecule is CN(C(=O)c1cc(C(F)(F)F)cc(C(F)(F)F)c1)C1CC2CCC(C1)N2.Cl. The topological polar surface area (TPSA) is 32.3 Å². The third-order valence-corrected chi connectivity index (χ3v) is 5.15. The van der Waals surface area contributed by atoms with Crippen molar-refractivity contribution in [3.05, 3.63) is 34.9 Å². The summed E-state index contributed by atoms with van der Waals surface area (Å²) in [6.45, 7) is 0. The summed E-state index contributed by atoms with van der Waals surface area (Å²) in [7, 11) is 1.44. The lowest BCUT2D eigenvalue weighted by molar-refractivity contribution is -0.143. The number of amides is 1. The first-order valence-electron chi connectivity index (χ1n) is 8.28. The molecule has 0 radical (unpaired) electrons. The first kappa shape index (κ1) is 21.8. The fourth-order valence-electron chi connectivity index (χ4n) is 3.79. The van der Waals surface area contributed by atoms with Crippen molar-refractivity contribution in [2.75, 3.05) is 7.05 Å². The molecule has 1 aromatic carbocycles. The van der Waals surface area contributed by atoms with Gasteiger partial charge in [0.05, 0.1) is 11.1 Å². The van der Waals surface area contributed by atoms with Crippen LogP contribution in [0.3, 0.4) is 0 Å². The predicted molar refractivity (Wildman–Crippen MR) is 88.8 cm³/mol. The van der Waals surface area contributed by atoms with Crippen LogP contribution in [-0.2, 0) is 12.4 Å². The van der Waals surface area contributed by atoms with Crippen LogP contribution < -0.4 is 5.32 Å². The molecule has 0 aromatic heterocycles. The van der Waals surface area contributed by atoms with Crippen LogP contribution in [0.5, 0.6) is 0 Å². The Morgan fingerprint density at radius 3 is 1.81 bits per heavy atom. The van der Waals surface area contributed by atoms with Gasteiger partial charge in [-0.2, -0.15) is 26.3 Å². The molecule has 0 saturated carbocycles. The van der Waals surface area contributed by atoms with Crippen LogP contribution in [0.15, 0.2) is 18.2 Å². The minimum absolute atomic E-state index is 0. The number of carbonyl (C=O) groups excluding carboxylic acids is 1. The summed E-state index contributed by atoms with van der Waals surface area (Å²) in [6.07, 6.45) is -6.73. The molecule has 1 N–H and O–H groups in total. The van der Waals surface area contributed by atoms with E-state index in [1.165, 1.54) is 11.9 Å². The quantitative estimate of drug-likeness (QED) is 0.720. The van der Waals surface area contributed by atoms with Crippen molar-refractivity contribution >= 4 is 18.3 Å². The number of piperidine rings is 1. The number of carbonyl (C=O) groups is 1. The normalized spacial score (nSPS) is 25.1. The number of benzene rings is 1. The number of nitrogens with one attached hydrogen (secondary N) is 1. The molecule has 2 aliphatic rings. The van der Waals surface area contributed by atoms with Crippen molar-refractivity contribution in [3.8, 4) is 0 Å². The van der Waals surface area contributed by atoms with E-state index < -0.39 is 35.0 Å². The Balaban J connectivity index is 0.00000261. The number of nitrogens with zero attached hydrogens (tertiary/aromatic N) is 1. The Labute approximate surface area is 158 Å². The van der Waals surface area contributed by atoms with E-state index in [9.17, 15) is 31.1 Å². The van der Waals surface area contributed by atoms with Crippen molar-refractivity contribution < 1.29 is 31.1 Å². The van der Waals surface area contributed by atoms with Crippen LogP contribution in [0.1, 0.15) is 47.2 Å². The molecule has 2 bridgehead atoms. The number of alkyl halides is 6. The minimum atomic E-state index is -4.97. The van der Waals surface area contributed by atoms with E-state index in [2.05, 4.69) is 5.32 Å². The Bertz CT molecular complexity index is 661. The second kappa shape index (κ2) is 7.50. The zero-order valence-electron chi connectivity index (χ0n) is 14.3. The van der Waals surface area contributed by atoms with Crippen LogP contribution in [-0.4, -0.2) is 36.0 Å². The fraction of sp³-hybridized carbons (Fsp3) is 0.588. The Hall–Kier alpha value is -1.48. The van der Waals surface area contributed by atoms with Gasteiger partial charge in [0.15, 0.2) is 0 Å². The van der Waals surface area contributed by atoms with E-state index in [1.807, 2.05) is 0 Å². The number of rotatable bonds is 2. The molecular weight excluding hydrogens is 398 g/mol. The summed E-state index contributed by atoms with van der Waals surface area (Å²) < 4.78 is 77.8. The van der Waals surface area contributed by atoms with E-state index in [-0.39, 0.29) is 36.6 Å². The lowest BCUT2D eigenvalue weighted by atomic mass is 9.97. The molecule has 27 heavy (non-hydrogen) atoms. The van der Waals surface area contributed by atoms with Crippen LogP contribution >= 0.6 is 12.4 Å². The van der Waals surface area contributed by atoms with E-state index in [4.69, 9.17) is 0 Å². The third-order valence-electron chi connectivity index (χ3n) is 5.15. The number of fused-ring (bicyclic) bond motifs is 2. The second-order valence-corrected chi connectivity index (χ2v) is 6.97. The van der Waals surface area contributed by atoms with Crippen LogP contribution in [0.4, 0.5) is 26.3 Å². The molecule has 0 spiro atoms. The van der Waals surface area contributed by atoms with Crippen molar-refractivity contribution in [2.24, 2.45) is 0 Å². The molecule has 2 fully saturated rings. The van der Waals surface area contributed by atoms with Crippen molar-refractivity contribution in [1.29, 1.82) is 0 Å². The van der Waals surface area contributed by atoms with Gasteiger partial charge >= 0.3 is 12.4 Å². The van der Waals surface area contributed by atoms with Crippen molar-refractivity contribution in [3.63, 3.8) is 0 Å². The van der Waals surface area contributed by atoms with Gasteiger partial charge in [-0.3, -0.25) is 4.79 Å². The number of hydrogen-bond acceptors (Lipinski definition) is 2. The van der Waals surface area contributed by atoms with Crippen LogP contribution in [0, 0.1) is 0 Å². The molecule has 2 aliphatic heterocycles. The van der Waals surface area contributed by atoms with Gasteiger partial charge in [0.1, 0.15) is 0 Å². The lowest BCUT2D eigenvalue weighted by Gasteiger charge is -2.35. The summed E-state index contributed by atoms with van der Waals surface area (Å²) in [4.78, 5) is 13.9. The lowest BCUT2D eigenvalue weighted by Crippen LogP contribution is -2.48. The number of hydrogen-bond donors (Lipinski definition) is 1. The molecule has 10 heteroatoms. The molecule has 1 aromatic rings. The molecule has 152 valence electrons. The third kappa shape index (κ3) is 4.68. The molecule has 0 aliphatic carbocycles. The van der Waals surface area contributed by atoms with E-state index in [1.54, 1.807) is 0 Å². The molecular formula is C17H19ClF6N2O. The first-order valence-corrected chi connectivity index (χ1v) is 8.28. The van der Waals surface area contributed by atoms with Gasteiger partial charge in [0.2, 0.25) is 0 Å². The molecule has 2 saturated heterocycles. The highest BCUT2D eigenvalue weighted by atomic mass is 35.5. The second-order valence-electron chi connectivity index (χ2n) is 6.97. The monoisotopic (exact) mass is 416 g/mol. The molecule has 2 atom stereocenters. The smallest absolute Gasteiger partial charge is 0.339 e. The summed E-state index contributed by atoms with van der Waals surface area (Å²) in [5.74, 6) is -0.826. The Morgan fingerprint density at radius 1 is 0.963 bits per heavy atom. The highest BCUT2D eigenvalue weighted by Gasteiger charge is 2.39. The highest BCUT2D eigenvalue weighted by Crippen LogP contribution is 2.37. The standard InChI is InChI=1S/C17H18F6N2O.ClH/c1-25(14-7-12-2-3-13(8-14)24-12)15(26)9-4-10(16(18,19)20)6-11(5-9)17(21,22)23;/h4-6,12-14,24H,2-3,7-8H2,1H3;1H. The largest absolute Gasteiger partial charge is 0.416 e. The van der Waals surface area contributed by atoms with Gasteiger partial charge in [-0.25, -0.2) is 0 Å². The maximum absolute atomic E-state index is 13.0. The highest BCUT2D eigenvalue weighted by molar-refractivity contribution is 5.94. The molecule has 3 nitrogen and oxygen atoms in total. The Kier molecular flexibility index (Phi) is 6.06. The zero-order chi connectivity index (χ0) is 19.3. The number of halogens is 7. The minimum Gasteiger partial charge on any atom is -0.339 e. The average molecular weight is 417 g/mol. The average Bonchev–Trinajstić information content (AvgIpc) is 2.89. The van der Waals surface area contributed by atoms with Crippen LogP contribution in [0.2, 0.25) is 0 Å². The van der Waals surface area contributed by atoms with Crippen molar-refractivity contribution in [2.45, 2.75) is 56.2 Å². The van der Waals surface area contributed by atoms with E-state index >= 15 is 0 Å². The van der Waals surface area contributed by atoms with Gasteiger partial charge in [0, 0.05) is 30.7 Å². The summed E-state index contributed by atoms with van der Waals surface area (Å²) in [5, 5.41) is 3.38. The van der Waals surface area contributed by atoms with Crippen molar-refractivity contribution in [1.82, 2.24) is 10.2 Å².